The quantitative estimate of drug-likeness (QED) is 0.248. The lowest BCUT2D eigenvalue weighted by atomic mass is 9.93. The number of rotatable bonds is 4. The minimum absolute atomic E-state index is 0.899. The minimum atomic E-state index is 0.899. The molecule has 0 unspecified atom stereocenters. The van der Waals surface area contributed by atoms with Gasteiger partial charge in [0.15, 0.2) is 0 Å². The molecule has 0 saturated heterocycles. The van der Waals surface area contributed by atoms with Gasteiger partial charge in [-0.2, -0.15) is 0 Å². The second-order valence-electron chi connectivity index (χ2n) is 9.33. The zero-order valence-electron chi connectivity index (χ0n) is 20.3. The molecule has 0 saturated carbocycles. The van der Waals surface area contributed by atoms with Gasteiger partial charge in [-0.1, -0.05) is 140 Å². The third-order valence-electron chi connectivity index (χ3n) is 7.10. The first-order chi connectivity index (χ1) is 18.4. The highest BCUT2D eigenvalue weighted by atomic mass is 16.3. The van der Waals surface area contributed by atoms with Crippen LogP contribution in [0.4, 0.5) is 0 Å². The van der Waals surface area contributed by atoms with Crippen molar-refractivity contribution in [3.8, 4) is 44.9 Å². The molecule has 0 N–H and O–H groups in total. The van der Waals surface area contributed by atoms with E-state index in [1.165, 1.54) is 33.0 Å². The minimum Gasteiger partial charge on any atom is -0.455 e. The molecule has 1 nitrogen and oxygen atoms in total. The summed E-state index contributed by atoms with van der Waals surface area (Å²) in [6.45, 7) is 0. The van der Waals surface area contributed by atoms with Crippen molar-refractivity contribution in [1.82, 2.24) is 0 Å². The van der Waals surface area contributed by atoms with Crippen molar-refractivity contribution < 1.29 is 4.42 Å². The highest BCUT2D eigenvalue weighted by molar-refractivity contribution is 6.07. The van der Waals surface area contributed by atoms with E-state index in [9.17, 15) is 0 Å². The average Bonchev–Trinajstić information content (AvgIpc) is 3.37. The van der Waals surface area contributed by atoms with E-state index in [0.717, 1.165) is 33.4 Å². The molecule has 0 bridgehead atoms. The molecule has 0 amide bonds. The first-order valence-corrected chi connectivity index (χ1v) is 12.6. The number of hydrogen-bond donors (Lipinski definition) is 0. The lowest BCUT2D eigenvalue weighted by Gasteiger charge is -2.11. The zero-order valence-corrected chi connectivity index (χ0v) is 20.3. The Morgan fingerprint density at radius 2 is 0.865 bits per heavy atom. The standard InChI is InChI=1S/C36H24O/c1-2-12-25(13-3-1)27-16-10-17-28(24-27)35-33-21-8-9-22-34(33)36(37-35)32-20-7-6-19-31(32)30-23-11-15-26-14-4-5-18-29(26)30/h1-24H. The fourth-order valence-electron chi connectivity index (χ4n) is 5.35. The van der Waals surface area contributed by atoms with Gasteiger partial charge in [0.2, 0.25) is 0 Å². The van der Waals surface area contributed by atoms with Gasteiger partial charge >= 0.3 is 0 Å². The monoisotopic (exact) mass is 472 g/mol. The largest absolute Gasteiger partial charge is 0.455 e. The summed E-state index contributed by atoms with van der Waals surface area (Å²) in [7, 11) is 0. The second kappa shape index (κ2) is 8.96. The summed E-state index contributed by atoms with van der Waals surface area (Å²) in [6.07, 6.45) is 0. The molecule has 0 radical (unpaired) electrons. The molecule has 1 aromatic heterocycles. The van der Waals surface area contributed by atoms with Crippen LogP contribution in [-0.4, -0.2) is 0 Å². The van der Waals surface area contributed by atoms with Gasteiger partial charge in [0.25, 0.3) is 0 Å². The van der Waals surface area contributed by atoms with Gasteiger partial charge in [0, 0.05) is 21.9 Å². The van der Waals surface area contributed by atoms with Crippen molar-refractivity contribution in [3.63, 3.8) is 0 Å². The second-order valence-corrected chi connectivity index (χ2v) is 9.33. The molecule has 0 aliphatic carbocycles. The van der Waals surface area contributed by atoms with Gasteiger partial charge in [0.05, 0.1) is 0 Å². The highest BCUT2D eigenvalue weighted by Crippen LogP contribution is 2.44. The van der Waals surface area contributed by atoms with Gasteiger partial charge in [-0.3, -0.25) is 0 Å². The smallest absolute Gasteiger partial charge is 0.143 e. The molecular formula is C36H24O. The Labute approximate surface area is 216 Å². The molecule has 0 aliphatic heterocycles. The first kappa shape index (κ1) is 21.4. The maximum Gasteiger partial charge on any atom is 0.143 e. The van der Waals surface area contributed by atoms with Gasteiger partial charge in [-0.05, 0) is 39.1 Å². The predicted octanol–water partition coefficient (Wildman–Crippen LogP) is 10.3. The Morgan fingerprint density at radius 1 is 0.324 bits per heavy atom. The van der Waals surface area contributed by atoms with E-state index in [2.05, 4.69) is 140 Å². The van der Waals surface area contributed by atoms with Crippen LogP contribution in [0.2, 0.25) is 0 Å². The van der Waals surface area contributed by atoms with Gasteiger partial charge in [-0.25, -0.2) is 0 Å². The van der Waals surface area contributed by atoms with Crippen LogP contribution in [0.25, 0.3) is 66.4 Å². The molecule has 37 heavy (non-hydrogen) atoms. The number of hydrogen-bond acceptors (Lipinski definition) is 1. The molecule has 7 rings (SSSR count). The Balaban J connectivity index is 1.44. The summed E-state index contributed by atoms with van der Waals surface area (Å²) in [6, 6.07) is 51.3. The third kappa shape index (κ3) is 3.73. The fraction of sp³-hybridized carbons (Fsp3) is 0. The van der Waals surface area contributed by atoms with Crippen LogP contribution in [0.3, 0.4) is 0 Å². The van der Waals surface area contributed by atoms with Crippen molar-refractivity contribution in [3.05, 3.63) is 146 Å². The number of fused-ring (bicyclic) bond motifs is 2. The molecule has 6 aromatic carbocycles. The highest BCUT2D eigenvalue weighted by Gasteiger charge is 2.19. The first-order valence-electron chi connectivity index (χ1n) is 12.6. The SMILES string of the molecule is c1ccc(-c2cccc(-c3oc(-c4ccccc4-c4cccc5ccccc45)c4ccccc34)c2)cc1. The summed E-state index contributed by atoms with van der Waals surface area (Å²) in [5, 5.41) is 4.72. The lowest BCUT2D eigenvalue weighted by molar-refractivity contribution is 0.602. The molecule has 0 fully saturated rings. The van der Waals surface area contributed by atoms with E-state index in [-0.39, 0.29) is 0 Å². The van der Waals surface area contributed by atoms with Crippen molar-refractivity contribution >= 4 is 21.5 Å². The van der Waals surface area contributed by atoms with E-state index >= 15 is 0 Å². The van der Waals surface area contributed by atoms with E-state index in [0.29, 0.717) is 0 Å². The summed E-state index contributed by atoms with van der Waals surface area (Å²) in [5.74, 6) is 1.80. The lowest BCUT2D eigenvalue weighted by Crippen LogP contribution is -1.86. The molecular weight excluding hydrogens is 448 g/mol. The van der Waals surface area contributed by atoms with Crippen LogP contribution in [-0.2, 0) is 0 Å². The fourth-order valence-corrected chi connectivity index (χ4v) is 5.35. The Morgan fingerprint density at radius 3 is 1.70 bits per heavy atom. The van der Waals surface area contributed by atoms with E-state index in [1.54, 1.807) is 0 Å². The number of benzene rings is 6. The maximum atomic E-state index is 6.80. The predicted molar refractivity (Wildman–Crippen MR) is 155 cm³/mol. The Bertz CT molecular complexity index is 1870. The van der Waals surface area contributed by atoms with E-state index in [1.807, 2.05) is 6.07 Å². The normalized spacial score (nSPS) is 11.2. The summed E-state index contributed by atoms with van der Waals surface area (Å²) in [4.78, 5) is 0. The van der Waals surface area contributed by atoms with Gasteiger partial charge in [0.1, 0.15) is 11.5 Å². The van der Waals surface area contributed by atoms with Crippen molar-refractivity contribution in [2.75, 3.05) is 0 Å². The maximum absolute atomic E-state index is 6.80. The van der Waals surface area contributed by atoms with Crippen LogP contribution in [0.15, 0.2) is 150 Å². The van der Waals surface area contributed by atoms with Crippen LogP contribution >= 0.6 is 0 Å². The molecule has 174 valence electrons. The van der Waals surface area contributed by atoms with Crippen molar-refractivity contribution in [2.45, 2.75) is 0 Å². The van der Waals surface area contributed by atoms with Crippen LogP contribution in [0, 0.1) is 0 Å². The number of furan rings is 1. The zero-order chi connectivity index (χ0) is 24.6. The molecule has 0 spiro atoms. The van der Waals surface area contributed by atoms with E-state index in [4.69, 9.17) is 4.42 Å². The topological polar surface area (TPSA) is 13.1 Å². The van der Waals surface area contributed by atoms with Crippen LogP contribution in [0.5, 0.6) is 0 Å². The van der Waals surface area contributed by atoms with Crippen LogP contribution < -0.4 is 0 Å². The summed E-state index contributed by atoms with van der Waals surface area (Å²) in [5.41, 5.74) is 6.93. The molecule has 0 atom stereocenters. The van der Waals surface area contributed by atoms with E-state index < -0.39 is 0 Å². The third-order valence-corrected chi connectivity index (χ3v) is 7.10. The Kier molecular flexibility index (Phi) is 5.19. The molecule has 1 heterocycles. The van der Waals surface area contributed by atoms with Gasteiger partial charge in [-0.15, -0.1) is 0 Å². The van der Waals surface area contributed by atoms with Crippen LogP contribution in [0.1, 0.15) is 0 Å². The van der Waals surface area contributed by atoms with Crippen molar-refractivity contribution in [1.29, 1.82) is 0 Å². The van der Waals surface area contributed by atoms with Gasteiger partial charge < -0.3 is 4.42 Å². The summed E-state index contributed by atoms with van der Waals surface area (Å²) >= 11 is 0. The Hall–Kier alpha value is -4.88. The summed E-state index contributed by atoms with van der Waals surface area (Å²) < 4.78 is 6.80. The molecule has 7 aromatic rings. The van der Waals surface area contributed by atoms with Crippen molar-refractivity contribution in [2.24, 2.45) is 0 Å². The average molecular weight is 473 g/mol. The molecule has 1 heteroatoms. The molecule has 0 aliphatic rings.